The zero-order valence-electron chi connectivity index (χ0n) is 12.5. The van der Waals surface area contributed by atoms with Crippen molar-refractivity contribution in [2.45, 2.75) is 38.5 Å². The predicted octanol–water partition coefficient (Wildman–Crippen LogP) is 1.46. The predicted molar refractivity (Wildman–Crippen MR) is 79.2 cm³/mol. The SMILES string of the molecule is CC(C)OCC(O)CN1Cc2ccccc2C(C(=O)O)C1. The fourth-order valence-electron chi connectivity index (χ4n) is 2.68. The van der Waals surface area contributed by atoms with Gasteiger partial charge in [0.2, 0.25) is 0 Å². The molecule has 0 aromatic heterocycles. The fraction of sp³-hybridized carbons (Fsp3) is 0.562. The van der Waals surface area contributed by atoms with Crippen molar-refractivity contribution in [3.63, 3.8) is 0 Å². The first-order chi connectivity index (χ1) is 9.97. The highest BCUT2D eigenvalue weighted by Gasteiger charge is 2.30. The van der Waals surface area contributed by atoms with E-state index in [-0.39, 0.29) is 12.7 Å². The molecular formula is C16H23NO4. The number of carboxylic acids is 1. The van der Waals surface area contributed by atoms with Gasteiger partial charge in [-0.3, -0.25) is 9.69 Å². The van der Waals surface area contributed by atoms with E-state index in [4.69, 9.17) is 4.74 Å². The van der Waals surface area contributed by atoms with Crippen molar-refractivity contribution in [3.05, 3.63) is 35.4 Å². The van der Waals surface area contributed by atoms with Gasteiger partial charge in [0, 0.05) is 19.6 Å². The van der Waals surface area contributed by atoms with Gasteiger partial charge in [0.15, 0.2) is 0 Å². The molecule has 2 unspecified atom stereocenters. The maximum absolute atomic E-state index is 11.4. The lowest BCUT2D eigenvalue weighted by molar-refractivity contribution is -0.139. The quantitative estimate of drug-likeness (QED) is 0.831. The number of carboxylic acid groups (broad SMARTS) is 1. The van der Waals surface area contributed by atoms with Crippen molar-refractivity contribution in [2.75, 3.05) is 19.7 Å². The Morgan fingerprint density at radius 1 is 1.43 bits per heavy atom. The van der Waals surface area contributed by atoms with Crippen molar-refractivity contribution in [1.82, 2.24) is 4.90 Å². The third-order valence-corrected chi connectivity index (χ3v) is 3.65. The Morgan fingerprint density at radius 3 is 2.81 bits per heavy atom. The van der Waals surface area contributed by atoms with Gasteiger partial charge in [0.25, 0.3) is 0 Å². The molecule has 1 aliphatic heterocycles. The van der Waals surface area contributed by atoms with E-state index in [2.05, 4.69) is 0 Å². The highest BCUT2D eigenvalue weighted by atomic mass is 16.5. The lowest BCUT2D eigenvalue weighted by Crippen LogP contribution is -2.42. The molecular weight excluding hydrogens is 270 g/mol. The molecule has 0 spiro atoms. The van der Waals surface area contributed by atoms with Crippen LogP contribution in [0.4, 0.5) is 0 Å². The molecule has 21 heavy (non-hydrogen) atoms. The maximum atomic E-state index is 11.4. The number of hydrogen-bond donors (Lipinski definition) is 2. The summed E-state index contributed by atoms with van der Waals surface area (Å²) in [5.41, 5.74) is 1.90. The molecule has 1 heterocycles. The van der Waals surface area contributed by atoms with E-state index in [1.807, 2.05) is 43.0 Å². The number of β-amino-alcohol motifs (C(OH)–C–C–N with tert-alkyl or cyclic N) is 1. The second-order valence-electron chi connectivity index (χ2n) is 5.82. The number of carbonyl (C=O) groups is 1. The molecule has 1 aliphatic rings. The minimum absolute atomic E-state index is 0.0773. The van der Waals surface area contributed by atoms with Crippen LogP contribution in [0.1, 0.15) is 30.9 Å². The Bertz CT molecular complexity index is 489. The van der Waals surface area contributed by atoms with Crippen LogP contribution in [0.3, 0.4) is 0 Å². The van der Waals surface area contributed by atoms with Crippen LogP contribution in [0.2, 0.25) is 0 Å². The third-order valence-electron chi connectivity index (χ3n) is 3.65. The summed E-state index contributed by atoms with van der Waals surface area (Å²) < 4.78 is 5.40. The van der Waals surface area contributed by atoms with Crippen LogP contribution in [-0.4, -0.2) is 53.0 Å². The molecule has 0 aliphatic carbocycles. The monoisotopic (exact) mass is 293 g/mol. The molecule has 0 saturated carbocycles. The van der Waals surface area contributed by atoms with Gasteiger partial charge in [-0.2, -0.15) is 0 Å². The number of ether oxygens (including phenoxy) is 1. The van der Waals surface area contributed by atoms with Crippen LogP contribution in [0.5, 0.6) is 0 Å². The zero-order valence-corrected chi connectivity index (χ0v) is 12.5. The van der Waals surface area contributed by atoms with Crippen molar-refractivity contribution in [3.8, 4) is 0 Å². The summed E-state index contributed by atoms with van der Waals surface area (Å²) in [6.07, 6.45) is -0.527. The third kappa shape index (κ3) is 4.27. The van der Waals surface area contributed by atoms with Gasteiger partial charge >= 0.3 is 5.97 Å². The molecule has 5 nitrogen and oxygen atoms in total. The molecule has 116 valence electrons. The lowest BCUT2D eigenvalue weighted by Gasteiger charge is -2.34. The summed E-state index contributed by atoms with van der Waals surface area (Å²) in [5.74, 6) is -1.35. The van der Waals surface area contributed by atoms with E-state index in [1.54, 1.807) is 0 Å². The zero-order chi connectivity index (χ0) is 15.4. The highest BCUT2D eigenvalue weighted by molar-refractivity contribution is 5.77. The van der Waals surface area contributed by atoms with Crippen molar-refractivity contribution in [1.29, 1.82) is 0 Å². The van der Waals surface area contributed by atoms with E-state index in [1.165, 1.54) is 0 Å². The minimum Gasteiger partial charge on any atom is -0.481 e. The van der Waals surface area contributed by atoms with Gasteiger partial charge in [-0.05, 0) is 25.0 Å². The summed E-state index contributed by atoms with van der Waals surface area (Å²) in [7, 11) is 0. The number of nitrogens with zero attached hydrogens (tertiary/aromatic N) is 1. The van der Waals surface area contributed by atoms with Gasteiger partial charge in [-0.25, -0.2) is 0 Å². The standard InChI is InChI=1S/C16H23NO4/c1-11(2)21-10-13(18)8-17-7-12-5-3-4-6-14(12)15(9-17)16(19)20/h3-6,11,13,15,18H,7-10H2,1-2H3,(H,19,20). The molecule has 0 fully saturated rings. The van der Waals surface area contributed by atoms with Crippen LogP contribution < -0.4 is 0 Å². The van der Waals surface area contributed by atoms with Gasteiger partial charge in [0.1, 0.15) is 0 Å². The Kier molecular flexibility index (Phi) is 5.33. The first kappa shape index (κ1) is 15.9. The number of aliphatic hydroxyl groups excluding tert-OH is 1. The van der Waals surface area contributed by atoms with E-state index in [9.17, 15) is 15.0 Å². The second kappa shape index (κ2) is 7.02. The summed E-state index contributed by atoms with van der Waals surface area (Å²) in [6.45, 7) is 5.62. The van der Waals surface area contributed by atoms with Crippen molar-refractivity contribution < 1.29 is 19.7 Å². The van der Waals surface area contributed by atoms with E-state index in [0.29, 0.717) is 19.6 Å². The summed E-state index contributed by atoms with van der Waals surface area (Å²) in [4.78, 5) is 13.4. The number of fused-ring (bicyclic) bond motifs is 1. The van der Waals surface area contributed by atoms with Crippen LogP contribution in [0, 0.1) is 0 Å². The van der Waals surface area contributed by atoms with Gasteiger partial charge in [0.05, 0.1) is 24.7 Å². The molecule has 0 saturated heterocycles. The number of rotatable bonds is 6. The maximum Gasteiger partial charge on any atom is 0.312 e. The van der Waals surface area contributed by atoms with Gasteiger partial charge in [-0.15, -0.1) is 0 Å². The first-order valence-corrected chi connectivity index (χ1v) is 7.30. The molecule has 2 N–H and O–H groups in total. The Labute approximate surface area is 125 Å². The van der Waals surface area contributed by atoms with Gasteiger partial charge < -0.3 is 14.9 Å². The Hall–Kier alpha value is -1.43. The van der Waals surface area contributed by atoms with E-state index in [0.717, 1.165) is 11.1 Å². The largest absolute Gasteiger partial charge is 0.481 e. The van der Waals surface area contributed by atoms with Crippen LogP contribution in [-0.2, 0) is 16.1 Å². The number of aliphatic hydroxyl groups is 1. The van der Waals surface area contributed by atoms with Crippen molar-refractivity contribution >= 4 is 5.97 Å². The van der Waals surface area contributed by atoms with Gasteiger partial charge in [-0.1, -0.05) is 24.3 Å². The second-order valence-corrected chi connectivity index (χ2v) is 5.82. The van der Waals surface area contributed by atoms with E-state index < -0.39 is 18.0 Å². The lowest BCUT2D eigenvalue weighted by atomic mass is 9.89. The molecule has 1 aromatic carbocycles. The average molecular weight is 293 g/mol. The normalized spacial score (nSPS) is 20.3. The first-order valence-electron chi connectivity index (χ1n) is 7.30. The molecule has 2 atom stereocenters. The van der Waals surface area contributed by atoms with Crippen LogP contribution in [0.15, 0.2) is 24.3 Å². The molecule has 5 heteroatoms. The minimum atomic E-state index is -0.819. The molecule has 0 amide bonds. The van der Waals surface area contributed by atoms with E-state index >= 15 is 0 Å². The average Bonchev–Trinajstić information content (AvgIpc) is 2.44. The summed E-state index contributed by atoms with van der Waals surface area (Å²) in [5, 5.41) is 19.4. The number of benzene rings is 1. The molecule has 0 radical (unpaired) electrons. The molecule has 2 rings (SSSR count). The van der Waals surface area contributed by atoms with Crippen LogP contribution >= 0.6 is 0 Å². The Morgan fingerprint density at radius 2 is 2.14 bits per heavy atom. The summed E-state index contributed by atoms with van der Waals surface area (Å²) in [6, 6.07) is 7.62. The Balaban J connectivity index is 2.02. The van der Waals surface area contributed by atoms with Crippen molar-refractivity contribution in [2.24, 2.45) is 0 Å². The number of aliphatic carboxylic acids is 1. The fourth-order valence-corrected chi connectivity index (χ4v) is 2.68. The topological polar surface area (TPSA) is 70.0 Å². The smallest absolute Gasteiger partial charge is 0.312 e. The van der Waals surface area contributed by atoms with Crippen LogP contribution in [0.25, 0.3) is 0 Å². The number of hydrogen-bond acceptors (Lipinski definition) is 4. The molecule has 1 aromatic rings. The highest BCUT2D eigenvalue weighted by Crippen LogP contribution is 2.28. The molecule has 0 bridgehead atoms. The summed E-state index contributed by atoms with van der Waals surface area (Å²) >= 11 is 0.